The summed E-state index contributed by atoms with van der Waals surface area (Å²) in [6.07, 6.45) is 1.56. The number of esters is 1. The number of aromatic nitrogens is 3. The standard InChI is InChI=1S/C21H19N3O4/c1-13-19-16(21(25)27-3)11-17(18-5-4-10-28-18)22-20(19)23-24(13)12-14-6-8-15(26-2)9-7-14/h4-11H,12H2,1-3H3. The number of nitrogens with zero attached hydrogens (tertiary/aromatic N) is 3. The first-order valence-corrected chi connectivity index (χ1v) is 8.74. The molecule has 0 saturated heterocycles. The summed E-state index contributed by atoms with van der Waals surface area (Å²) in [7, 11) is 2.99. The van der Waals surface area contributed by atoms with Crippen molar-refractivity contribution in [2.24, 2.45) is 0 Å². The molecule has 0 saturated carbocycles. The smallest absolute Gasteiger partial charge is 0.338 e. The van der Waals surface area contributed by atoms with Gasteiger partial charge in [-0.1, -0.05) is 12.1 Å². The number of rotatable bonds is 5. The quantitative estimate of drug-likeness (QED) is 0.492. The summed E-state index contributed by atoms with van der Waals surface area (Å²) in [6.45, 7) is 2.46. The zero-order chi connectivity index (χ0) is 19.7. The SMILES string of the molecule is COC(=O)c1cc(-c2ccco2)nc2nn(Cc3ccc(OC)cc3)c(C)c12. The number of benzene rings is 1. The molecule has 7 heteroatoms. The number of hydrogen-bond donors (Lipinski definition) is 0. The number of furan rings is 1. The lowest BCUT2D eigenvalue weighted by molar-refractivity contribution is 0.0603. The highest BCUT2D eigenvalue weighted by Crippen LogP contribution is 2.28. The monoisotopic (exact) mass is 377 g/mol. The maximum Gasteiger partial charge on any atom is 0.338 e. The van der Waals surface area contributed by atoms with E-state index in [0.29, 0.717) is 34.6 Å². The number of ether oxygens (including phenoxy) is 2. The Labute approximate surface area is 161 Å². The van der Waals surface area contributed by atoms with E-state index in [1.54, 1.807) is 31.6 Å². The highest BCUT2D eigenvalue weighted by atomic mass is 16.5. The van der Waals surface area contributed by atoms with Crippen molar-refractivity contribution in [1.82, 2.24) is 14.8 Å². The third-order valence-electron chi connectivity index (χ3n) is 4.64. The molecule has 0 atom stereocenters. The minimum absolute atomic E-state index is 0.414. The summed E-state index contributed by atoms with van der Waals surface area (Å²) >= 11 is 0. The van der Waals surface area contributed by atoms with Gasteiger partial charge in [0.25, 0.3) is 0 Å². The van der Waals surface area contributed by atoms with Crippen LogP contribution in [-0.4, -0.2) is 35.0 Å². The molecule has 3 aromatic heterocycles. The first kappa shape index (κ1) is 17.8. The zero-order valence-corrected chi connectivity index (χ0v) is 15.8. The van der Waals surface area contributed by atoms with E-state index >= 15 is 0 Å². The third-order valence-corrected chi connectivity index (χ3v) is 4.64. The minimum atomic E-state index is -0.438. The van der Waals surface area contributed by atoms with Gasteiger partial charge < -0.3 is 13.9 Å². The Hall–Kier alpha value is -3.61. The molecule has 4 rings (SSSR count). The van der Waals surface area contributed by atoms with Gasteiger partial charge in [0, 0.05) is 5.69 Å². The Morgan fingerprint density at radius 3 is 2.61 bits per heavy atom. The second kappa shape index (κ2) is 7.19. The molecule has 0 amide bonds. The van der Waals surface area contributed by atoms with E-state index < -0.39 is 5.97 Å². The van der Waals surface area contributed by atoms with Gasteiger partial charge in [-0.2, -0.15) is 5.10 Å². The van der Waals surface area contributed by atoms with Crippen LogP contribution in [0.4, 0.5) is 0 Å². The summed E-state index contributed by atoms with van der Waals surface area (Å²) in [5.41, 5.74) is 3.32. The van der Waals surface area contributed by atoms with Gasteiger partial charge >= 0.3 is 5.97 Å². The fraction of sp³-hybridized carbons (Fsp3) is 0.190. The van der Waals surface area contributed by atoms with Crippen LogP contribution in [0.15, 0.2) is 53.1 Å². The van der Waals surface area contributed by atoms with Crippen LogP contribution in [0, 0.1) is 6.92 Å². The van der Waals surface area contributed by atoms with Crippen molar-refractivity contribution in [3.8, 4) is 17.2 Å². The van der Waals surface area contributed by atoms with Crippen molar-refractivity contribution in [2.45, 2.75) is 13.5 Å². The Kier molecular flexibility index (Phi) is 4.57. The first-order chi connectivity index (χ1) is 13.6. The van der Waals surface area contributed by atoms with Crippen molar-refractivity contribution < 1.29 is 18.7 Å². The third kappa shape index (κ3) is 3.11. The molecule has 0 aliphatic heterocycles. The van der Waals surface area contributed by atoms with Crippen molar-refractivity contribution >= 4 is 17.0 Å². The lowest BCUT2D eigenvalue weighted by Crippen LogP contribution is -2.05. The van der Waals surface area contributed by atoms with E-state index in [1.165, 1.54) is 7.11 Å². The zero-order valence-electron chi connectivity index (χ0n) is 15.8. The highest BCUT2D eigenvalue weighted by Gasteiger charge is 2.21. The second-order valence-electron chi connectivity index (χ2n) is 6.31. The summed E-state index contributed by atoms with van der Waals surface area (Å²) in [5.74, 6) is 0.922. The van der Waals surface area contributed by atoms with E-state index in [-0.39, 0.29) is 0 Å². The summed E-state index contributed by atoms with van der Waals surface area (Å²) in [5, 5.41) is 5.30. The van der Waals surface area contributed by atoms with Gasteiger partial charge in [-0.25, -0.2) is 9.78 Å². The fourth-order valence-corrected chi connectivity index (χ4v) is 3.16. The number of carbonyl (C=O) groups excluding carboxylic acids is 1. The lowest BCUT2D eigenvalue weighted by Gasteiger charge is -2.06. The molecule has 0 bridgehead atoms. The number of fused-ring (bicyclic) bond motifs is 1. The van der Waals surface area contributed by atoms with Gasteiger partial charge in [0.2, 0.25) is 0 Å². The highest BCUT2D eigenvalue weighted by molar-refractivity contribution is 6.04. The number of pyridine rings is 1. The van der Waals surface area contributed by atoms with Gasteiger partial charge in [0.15, 0.2) is 11.4 Å². The van der Waals surface area contributed by atoms with Crippen LogP contribution in [-0.2, 0) is 11.3 Å². The van der Waals surface area contributed by atoms with Crippen LogP contribution >= 0.6 is 0 Å². The number of methoxy groups -OCH3 is 2. The van der Waals surface area contributed by atoms with E-state index in [9.17, 15) is 4.79 Å². The van der Waals surface area contributed by atoms with Crippen LogP contribution in [0.1, 0.15) is 21.6 Å². The molecule has 3 heterocycles. The Bertz CT molecular complexity index is 1130. The second-order valence-corrected chi connectivity index (χ2v) is 6.31. The normalized spacial score (nSPS) is 11.0. The molecule has 0 N–H and O–H groups in total. The maximum absolute atomic E-state index is 12.4. The fourth-order valence-electron chi connectivity index (χ4n) is 3.16. The lowest BCUT2D eigenvalue weighted by atomic mass is 10.1. The number of hydrogen-bond acceptors (Lipinski definition) is 6. The predicted octanol–water partition coefficient (Wildman–Crippen LogP) is 3.84. The van der Waals surface area contributed by atoms with Gasteiger partial charge in [0.1, 0.15) is 11.4 Å². The Morgan fingerprint density at radius 2 is 1.96 bits per heavy atom. The average Bonchev–Trinajstić information content (AvgIpc) is 3.36. The summed E-state index contributed by atoms with van der Waals surface area (Å²) in [4.78, 5) is 17.0. The van der Waals surface area contributed by atoms with E-state index in [1.807, 2.05) is 35.9 Å². The van der Waals surface area contributed by atoms with E-state index in [4.69, 9.17) is 13.9 Å². The van der Waals surface area contributed by atoms with Crippen LogP contribution < -0.4 is 4.74 Å². The number of aryl methyl sites for hydroxylation is 1. The van der Waals surface area contributed by atoms with Crippen LogP contribution in [0.5, 0.6) is 5.75 Å². The first-order valence-electron chi connectivity index (χ1n) is 8.74. The van der Waals surface area contributed by atoms with Gasteiger partial charge in [-0.3, -0.25) is 4.68 Å². The molecule has 0 aliphatic carbocycles. The Morgan fingerprint density at radius 1 is 1.18 bits per heavy atom. The van der Waals surface area contributed by atoms with Gasteiger partial charge in [0.05, 0.1) is 38.0 Å². The van der Waals surface area contributed by atoms with E-state index in [0.717, 1.165) is 17.0 Å². The minimum Gasteiger partial charge on any atom is -0.497 e. The molecule has 1 aromatic carbocycles. The molecule has 0 fully saturated rings. The molecule has 0 unspecified atom stereocenters. The topological polar surface area (TPSA) is 79.4 Å². The Balaban J connectivity index is 1.82. The van der Waals surface area contributed by atoms with Crippen molar-refractivity contribution in [3.63, 3.8) is 0 Å². The summed E-state index contributed by atoms with van der Waals surface area (Å²) < 4.78 is 17.4. The molecular weight excluding hydrogens is 358 g/mol. The van der Waals surface area contributed by atoms with E-state index in [2.05, 4.69) is 10.1 Å². The summed E-state index contributed by atoms with van der Waals surface area (Å²) in [6, 6.07) is 13.0. The molecular formula is C21H19N3O4. The maximum atomic E-state index is 12.4. The van der Waals surface area contributed by atoms with Gasteiger partial charge in [-0.05, 0) is 42.8 Å². The molecule has 7 nitrogen and oxygen atoms in total. The van der Waals surface area contributed by atoms with Crippen molar-refractivity contribution in [2.75, 3.05) is 14.2 Å². The van der Waals surface area contributed by atoms with Crippen LogP contribution in [0.25, 0.3) is 22.5 Å². The predicted molar refractivity (Wildman–Crippen MR) is 103 cm³/mol. The molecule has 0 aliphatic rings. The molecule has 4 aromatic rings. The molecule has 28 heavy (non-hydrogen) atoms. The molecule has 142 valence electrons. The number of carbonyl (C=O) groups is 1. The van der Waals surface area contributed by atoms with Crippen molar-refractivity contribution in [1.29, 1.82) is 0 Å². The van der Waals surface area contributed by atoms with Crippen LogP contribution in [0.3, 0.4) is 0 Å². The molecule has 0 spiro atoms. The van der Waals surface area contributed by atoms with Crippen LogP contribution in [0.2, 0.25) is 0 Å². The molecule has 0 radical (unpaired) electrons. The van der Waals surface area contributed by atoms with Crippen molar-refractivity contribution in [3.05, 3.63) is 65.5 Å². The largest absolute Gasteiger partial charge is 0.497 e. The van der Waals surface area contributed by atoms with Gasteiger partial charge in [-0.15, -0.1) is 0 Å². The average molecular weight is 377 g/mol.